The minimum atomic E-state index is 0.273. The van der Waals surface area contributed by atoms with Gasteiger partial charge < -0.3 is 0 Å². The van der Waals surface area contributed by atoms with Gasteiger partial charge in [0.05, 0.1) is 4.71 Å². The van der Waals surface area contributed by atoms with Gasteiger partial charge in [0.25, 0.3) is 0 Å². The predicted octanol–water partition coefficient (Wildman–Crippen LogP) is 1.93. The lowest BCUT2D eigenvalue weighted by Gasteiger charge is -1.87. The Balaban J connectivity index is 2.54. The van der Waals surface area contributed by atoms with E-state index in [0.717, 1.165) is 0 Å². The molecular formula is C3H7ClS. The van der Waals surface area contributed by atoms with Crippen molar-refractivity contribution in [1.82, 2.24) is 0 Å². The van der Waals surface area contributed by atoms with E-state index in [0.29, 0.717) is 0 Å². The van der Waals surface area contributed by atoms with Crippen molar-refractivity contribution in [1.29, 1.82) is 0 Å². The normalized spacial score (nSPS) is 15.0. The van der Waals surface area contributed by atoms with E-state index < -0.39 is 0 Å². The fourth-order valence-corrected chi connectivity index (χ4v) is 0. The van der Waals surface area contributed by atoms with Crippen molar-refractivity contribution in [2.24, 2.45) is 0 Å². The molecule has 0 N–H and O–H groups in total. The number of rotatable bonds is 1. The summed E-state index contributed by atoms with van der Waals surface area (Å²) in [5.74, 6) is 0. The van der Waals surface area contributed by atoms with Crippen molar-refractivity contribution >= 4 is 23.4 Å². The van der Waals surface area contributed by atoms with Crippen LogP contribution in [0.2, 0.25) is 0 Å². The summed E-state index contributed by atoms with van der Waals surface area (Å²) in [5.41, 5.74) is 0. The summed E-state index contributed by atoms with van der Waals surface area (Å²) in [6.07, 6.45) is 1.98. The van der Waals surface area contributed by atoms with Crippen LogP contribution in [0, 0.1) is 0 Å². The van der Waals surface area contributed by atoms with E-state index in [4.69, 9.17) is 11.6 Å². The third-order valence-corrected chi connectivity index (χ3v) is 1.51. The Morgan fingerprint density at radius 1 is 1.80 bits per heavy atom. The summed E-state index contributed by atoms with van der Waals surface area (Å²) in [6, 6.07) is 0. The number of hydrogen-bond acceptors (Lipinski definition) is 1. The lowest BCUT2D eigenvalue weighted by Crippen LogP contribution is -1.73. The Labute approximate surface area is 41.9 Å². The van der Waals surface area contributed by atoms with Crippen LogP contribution in [0.5, 0.6) is 0 Å². The molecule has 1 unspecified atom stereocenters. The van der Waals surface area contributed by atoms with E-state index in [1.54, 1.807) is 11.8 Å². The van der Waals surface area contributed by atoms with Crippen molar-refractivity contribution < 1.29 is 0 Å². The van der Waals surface area contributed by atoms with E-state index in [1.807, 2.05) is 13.2 Å². The molecule has 5 heavy (non-hydrogen) atoms. The highest BCUT2D eigenvalue weighted by Crippen LogP contribution is 2.07. The molecule has 32 valence electrons. The summed E-state index contributed by atoms with van der Waals surface area (Å²) < 4.78 is 0.273. The zero-order chi connectivity index (χ0) is 4.28. The van der Waals surface area contributed by atoms with Crippen LogP contribution in [0.4, 0.5) is 0 Å². The maximum Gasteiger partial charge on any atom is 0.0758 e. The molecule has 0 rings (SSSR count). The van der Waals surface area contributed by atoms with Gasteiger partial charge in [-0.2, -0.15) is 0 Å². The van der Waals surface area contributed by atoms with Gasteiger partial charge in [-0.1, -0.05) is 0 Å². The molecule has 0 nitrogen and oxygen atoms in total. The summed E-state index contributed by atoms with van der Waals surface area (Å²) in [4.78, 5) is 0. The average molecular weight is 111 g/mol. The van der Waals surface area contributed by atoms with E-state index in [1.165, 1.54) is 0 Å². The summed E-state index contributed by atoms with van der Waals surface area (Å²) in [6.45, 7) is 1.95. The molecule has 0 aliphatic rings. The first kappa shape index (κ1) is 5.64. The van der Waals surface area contributed by atoms with Gasteiger partial charge in [0.1, 0.15) is 0 Å². The van der Waals surface area contributed by atoms with Gasteiger partial charge in [-0.05, 0) is 13.2 Å². The first-order chi connectivity index (χ1) is 2.27. The molecule has 1 atom stereocenters. The second kappa shape index (κ2) is 2.86. The molecule has 0 saturated heterocycles. The molecule has 0 aromatic rings. The Morgan fingerprint density at radius 2 is 2.00 bits per heavy atom. The van der Waals surface area contributed by atoms with Gasteiger partial charge in [-0.25, -0.2) is 0 Å². The monoisotopic (exact) mass is 110 g/mol. The molecule has 0 spiro atoms. The molecule has 0 fully saturated rings. The fourth-order valence-electron chi connectivity index (χ4n) is 0. The Hall–Kier alpha value is 0.640. The van der Waals surface area contributed by atoms with Gasteiger partial charge in [0.15, 0.2) is 0 Å². The van der Waals surface area contributed by atoms with Crippen molar-refractivity contribution in [3.05, 3.63) is 0 Å². The predicted molar refractivity (Wildman–Crippen MR) is 28.8 cm³/mol. The van der Waals surface area contributed by atoms with E-state index in [9.17, 15) is 0 Å². The average Bonchev–Trinajstić information content (AvgIpc) is 1.38. The highest BCUT2D eigenvalue weighted by Gasteiger charge is 1.83. The molecule has 2 heteroatoms. The Morgan fingerprint density at radius 3 is 2.00 bits per heavy atom. The SMILES string of the molecule is CSC(C)Cl. The lowest BCUT2D eigenvalue weighted by atomic mass is 11.0. The quantitative estimate of drug-likeness (QED) is 0.465. The molecule has 0 aromatic carbocycles. The molecular weight excluding hydrogens is 104 g/mol. The minimum absolute atomic E-state index is 0.273. The van der Waals surface area contributed by atoms with Crippen molar-refractivity contribution in [2.45, 2.75) is 11.6 Å². The van der Waals surface area contributed by atoms with Crippen LogP contribution in [0.1, 0.15) is 6.92 Å². The maximum absolute atomic E-state index is 5.43. The zero-order valence-corrected chi connectivity index (χ0v) is 4.94. The topological polar surface area (TPSA) is 0 Å². The highest BCUT2D eigenvalue weighted by atomic mass is 35.5. The standard InChI is InChI=1S/C3H7ClS/c1-3(4)5-2/h3H,1-2H3. The van der Waals surface area contributed by atoms with Crippen LogP contribution in [0.15, 0.2) is 0 Å². The third kappa shape index (κ3) is 4.64. The first-order valence-electron chi connectivity index (χ1n) is 1.44. The van der Waals surface area contributed by atoms with E-state index in [-0.39, 0.29) is 4.71 Å². The van der Waals surface area contributed by atoms with Crippen molar-refractivity contribution in [2.75, 3.05) is 6.26 Å². The minimum Gasteiger partial charge on any atom is -0.146 e. The van der Waals surface area contributed by atoms with Crippen molar-refractivity contribution in [3.8, 4) is 0 Å². The van der Waals surface area contributed by atoms with Crippen LogP contribution in [-0.4, -0.2) is 11.0 Å². The second-order valence-electron chi connectivity index (χ2n) is 0.779. The van der Waals surface area contributed by atoms with Crippen LogP contribution < -0.4 is 0 Å². The van der Waals surface area contributed by atoms with E-state index in [2.05, 4.69) is 0 Å². The Bertz CT molecular complexity index is 20.9. The molecule has 0 aliphatic carbocycles. The summed E-state index contributed by atoms with van der Waals surface area (Å²) >= 11 is 7.07. The molecule has 0 aliphatic heterocycles. The third-order valence-electron chi connectivity index (χ3n) is 0.325. The summed E-state index contributed by atoms with van der Waals surface area (Å²) in [7, 11) is 0. The van der Waals surface area contributed by atoms with Gasteiger partial charge in [0, 0.05) is 0 Å². The molecule has 0 radical (unpaired) electrons. The molecule has 0 saturated carbocycles. The fraction of sp³-hybridized carbons (Fsp3) is 1.00. The Kier molecular flexibility index (Phi) is 3.22. The molecule has 0 amide bonds. The van der Waals surface area contributed by atoms with Crippen LogP contribution in [0.25, 0.3) is 0 Å². The molecule has 0 heterocycles. The largest absolute Gasteiger partial charge is 0.146 e. The highest BCUT2D eigenvalue weighted by molar-refractivity contribution is 8.00. The van der Waals surface area contributed by atoms with Gasteiger partial charge in [-0.15, -0.1) is 23.4 Å². The molecule has 0 aromatic heterocycles. The van der Waals surface area contributed by atoms with Crippen LogP contribution >= 0.6 is 23.4 Å². The van der Waals surface area contributed by atoms with Gasteiger partial charge in [0.2, 0.25) is 0 Å². The number of thioether (sulfide) groups is 1. The maximum atomic E-state index is 5.43. The van der Waals surface area contributed by atoms with Crippen molar-refractivity contribution in [3.63, 3.8) is 0 Å². The first-order valence-corrected chi connectivity index (χ1v) is 3.16. The van der Waals surface area contributed by atoms with Crippen LogP contribution in [0.3, 0.4) is 0 Å². The summed E-state index contributed by atoms with van der Waals surface area (Å²) in [5, 5.41) is 0. The number of halogens is 1. The van der Waals surface area contributed by atoms with E-state index >= 15 is 0 Å². The molecule has 0 bridgehead atoms. The lowest BCUT2D eigenvalue weighted by molar-refractivity contribution is 1.41. The van der Waals surface area contributed by atoms with Crippen LogP contribution in [-0.2, 0) is 0 Å². The van der Waals surface area contributed by atoms with Gasteiger partial charge in [-0.3, -0.25) is 0 Å². The smallest absolute Gasteiger partial charge is 0.0758 e. The zero-order valence-electron chi connectivity index (χ0n) is 3.36. The number of hydrogen-bond donors (Lipinski definition) is 0. The number of alkyl halides is 1. The van der Waals surface area contributed by atoms with Gasteiger partial charge >= 0.3 is 0 Å². The second-order valence-corrected chi connectivity index (χ2v) is 2.87.